The average Bonchev–Trinajstić information content (AvgIpc) is 2.40. The van der Waals surface area contributed by atoms with Crippen molar-refractivity contribution in [1.29, 1.82) is 0 Å². The zero-order chi connectivity index (χ0) is 15.6. The molecule has 0 aliphatic carbocycles. The van der Waals surface area contributed by atoms with Gasteiger partial charge in [-0.1, -0.05) is 23.2 Å². The van der Waals surface area contributed by atoms with Gasteiger partial charge in [-0.3, -0.25) is 9.78 Å². The van der Waals surface area contributed by atoms with Gasteiger partial charge in [-0.05, 0) is 31.2 Å². The molecule has 0 atom stereocenters. The van der Waals surface area contributed by atoms with Crippen molar-refractivity contribution in [2.45, 2.75) is 6.92 Å². The maximum absolute atomic E-state index is 12.1. The summed E-state index contributed by atoms with van der Waals surface area (Å²) in [6, 6.07) is 5.75. The minimum Gasteiger partial charge on any atom is -0.478 e. The van der Waals surface area contributed by atoms with E-state index in [2.05, 4.69) is 10.3 Å². The number of carbonyl (C=O) groups excluding carboxylic acids is 1. The molecule has 0 unspecified atom stereocenters. The number of aromatic carboxylic acids is 1. The van der Waals surface area contributed by atoms with Crippen LogP contribution in [0.1, 0.15) is 26.4 Å². The number of aryl methyl sites for hydroxylation is 1. The van der Waals surface area contributed by atoms with Crippen molar-refractivity contribution in [3.8, 4) is 0 Å². The molecule has 21 heavy (non-hydrogen) atoms. The second-order valence-electron chi connectivity index (χ2n) is 4.26. The van der Waals surface area contributed by atoms with E-state index in [1.54, 1.807) is 13.0 Å². The third-order valence-corrected chi connectivity index (χ3v) is 3.33. The number of benzene rings is 1. The second kappa shape index (κ2) is 6.11. The molecule has 0 bridgehead atoms. The monoisotopic (exact) mass is 324 g/mol. The maximum Gasteiger partial charge on any atom is 0.337 e. The number of anilines is 1. The summed E-state index contributed by atoms with van der Waals surface area (Å²) in [6.07, 6.45) is 1.36. The van der Waals surface area contributed by atoms with Crippen molar-refractivity contribution in [3.63, 3.8) is 0 Å². The largest absolute Gasteiger partial charge is 0.478 e. The Bertz CT molecular complexity index is 732. The highest BCUT2D eigenvalue weighted by molar-refractivity contribution is 6.34. The van der Waals surface area contributed by atoms with Crippen LogP contribution in [0.4, 0.5) is 5.69 Å². The molecule has 1 amide bonds. The Morgan fingerprint density at radius 3 is 2.48 bits per heavy atom. The van der Waals surface area contributed by atoms with Crippen molar-refractivity contribution in [1.82, 2.24) is 4.98 Å². The van der Waals surface area contributed by atoms with Gasteiger partial charge in [0.2, 0.25) is 0 Å². The smallest absolute Gasteiger partial charge is 0.337 e. The van der Waals surface area contributed by atoms with Crippen molar-refractivity contribution < 1.29 is 14.7 Å². The van der Waals surface area contributed by atoms with Gasteiger partial charge in [0.15, 0.2) is 0 Å². The van der Waals surface area contributed by atoms with Gasteiger partial charge in [0, 0.05) is 17.6 Å². The third-order valence-electron chi connectivity index (χ3n) is 2.69. The molecule has 2 N–H and O–H groups in total. The SMILES string of the molecule is Cc1cc(Cl)c(C(=O)Nc2ccc(Cl)c(C(=O)O)c2)cn1. The van der Waals surface area contributed by atoms with Gasteiger partial charge < -0.3 is 10.4 Å². The number of amides is 1. The van der Waals surface area contributed by atoms with Gasteiger partial charge >= 0.3 is 5.97 Å². The van der Waals surface area contributed by atoms with Crippen LogP contribution in [0, 0.1) is 6.92 Å². The van der Waals surface area contributed by atoms with Crippen LogP contribution < -0.4 is 5.32 Å². The fraction of sp³-hybridized carbons (Fsp3) is 0.0714. The lowest BCUT2D eigenvalue weighted by molar-refractivity contribution is 0.0696. The molecular weight excluding hydrogens is 315 g/mol. The quantitative estimate of drug-likeness (QED) is 0.903. The molecule has 0 fully saturated rings. The molecule has 0 aliphatic rings. The van der Waals surface area contributed by atoms with Crippen molar-refractivity contribution in [2.75, 3.05) is 5.32 Å². The zero-order valence-corrected chi connectivity index (χ0v) is 12.4. The lowest BCUT2D eigenvalue weighted by atomic mass is 10.2. The first-order chi connectivity index (χ1) is 9.88. The van der Waals surface area contributed by atoms with E-state index in [1.807, 2.05) is 0 Å². The summed E-state index contributed by atoms with van der Waals surface area (Å²) in [6.45, 7) is 1.76. The first-order valence-corrected chi connectivity index (χ1v) is 6.60. The molecule has 1 aromatic carbocycles. The number of nitrogens with one attached hydrogen (secondary N) is 1. The van der Waals surface area contributed by atoms with Crippen LogP contribution in [-0.2, 0) is 0 Å². The van der Waals surface area contributed by atoms with Gasteiger partial charge in [0.1, 0.15) is 0 Å². The lowest BCUT2D eigenvalue weighted by Gasteiger charge is -2.08. The van der Waals surface area contributed by atoms with E-state index in [1.165, 1.54) is 24.4 Å². The molecule has 2 aromatic rings. The molecule has 0 spiro atoms. The van der Waals surface area contributed by atoms with Crippen molar-refractivity contribution in [3.05, 3.63) is 57.3 Å². The normalized spacial score (nSPS) is 10.2. The Kier molecular flexibility index (Phi) is 4.45. The van der Waals surface area contributed by atoms with Crippen LogP contribution in [0.2, 0.25) is 10.0 Å². The van der Waals surface area contributed by atoms with E-state index in [-0.39, 0.29) is 21.2 Å². The number of hydrogen-bond acceptors (Lipinski definition) is 3. The zero-order valence-electron chi connectivity index (χ0n) is 10.9. The number of carbonyl (C=O) groups is 2. The Morgan fingerprint density at radius 1 is 1.14 bits per heavy atom. The van der Waals surface area contributed by atoms with Crippen LogP contribution >= 0.6 is 23.2 Å². The number of nitrogens with zero attached hydrogens (tertiary/aromatic N) is 1. The highest BCUT2D eigenvalue weighted by Crippen LogP contribution is 2.22. The number of carboxylic acids is 1. The van der Waals surface area contributed by atoms with Crippen LogP contribution in [0.25, 0.3) is 0 Å². The number of aromatic nitrogens is 1. The van der Waals surface area contributed by atoms with E-state index in [9.17, 15) is 9.59 Å². The number of halogens is 2. The predicted octanol–water partition coefficient (Wildman–Crippen LogP) is 3.65. The molecule has 7 heteroatoms. The van der Waals surface area contributed by atoms with E-state index in [0.29, 0.717) is 11.4 Å². The summed E-state index contributed by atoms with van der Waals surface area (Å²) in [4.78, 5) is 27.1. The number of hydrogen-bond donors (Lipinski definition) is 2. The highest BCUT2D eigenvalue weighted by atomic mass is 35.5. The molecule has 1 heterocycles. The Hall–Kier alpha value is -2.11. The van der Waals surface area contributed by atoms with E-state index >= 15 is 0 Å². The number of carboxylic acid groups (broad SMARTS) is 1. The summed E-state index contributed by atoms with van der Waals surface area (Å²) >= 11 is 11.7. The van der Waals surface area contributed by atoms with Gasteiger partial charge in [-0.25, -0.2) is 4.79 Å². The second-order valence-corrected chi connectivity index (χ2v) is 5.07. The molecule has 1 aromatic heterocycles. The molecule has 0 radical (unpaired) electrons. The highest BCUT2D eigenvalue weighted by Gasteiger charge is 2.14. The predicted molar refractivity (Wildman–Crippen MR) is 80.3 cm³/mol. The molecule has 2 rings (SSSR count). The van der Waals surface area contributed by atoms with Gasteiger partial charge in [0.25, 0.3) is 5.91 Å². The molecule has 108 valence electrons. The van der Waals surface area contributed by atoms with E-state index in [0.717, 1.165) is 0 Å². The Balaban J connectivity index is 2.27. The Labute approximate surface area is 130 Å². The van der Waals surface area contributed by atoms with Crippen LogP contribution in [0.15, 0.2) is 30.5 Å². The third kappa shape index (κ3) is 3.51. The molecule has 0 saturated carbocycles. The topological polar surface area (TPSA) is 79.3 Å². The summed E-state index contributed by atoms with van der Waals surface area (Å²) in [7, 11) is 0. The molecule has 0 saturated heterocycles. The first kappa shape index (κ1) is 15.3. The van der Waals surface area contributed by atoms with E-state index in [4.69, 9.17) is 28.3 Å². The van der Waals surface area contributed by atoms with Gasteiger partial charge in [0.05, 0.1) is 21.2 Å². The summed E-state index contributed by atoms with van der Waals surface area (Å²) in [5.41, 5.74) is 1.10. The minimum atomic E-state index is -1.17. The van der Waals surface area contributed by atoms with Gasteiger partial charge in [-0.2, -0.15) is 0 Å². The summed E-state index contributed by atoms with van der Waals surface area (Å²) in [5.74, 6) is -1.66. The fourth-order valence-electron chi connectivity index (χ4n) is 1.66. The number of rotatable bonds is 3. The van der Waals surface area contributed by atoms with E-state index < -0.39 is 11.9 Å². The lowest BCUT2D eigenvalue weighted by Crippen LogP contribution is -2.13. The minimum absolute atomic E-state index is 0.0931. The standard InChI is InChI=1S/C14H10Cl2N2O3/c1-7-4-12(16)10(6-17-7)13(19)18-8-2-3-11(15)9(5-8)14(20)21/h2-6H,1H3,(H,18,19)(H,20,21). The summed E-state index contributed by atoms with van der Waals surface area (Å²) < 4.78 is 0. The van der Waals surface area contributed by atoms with Crippen molar-refractivity contribution >= 4 is 40.8 Å². The molecule has 0 aliphatic heterocycles. The van der Waals surface area contributed by atoms with Crippen LogP contribution in [0.3, 0.4) is 0 Å². The van der Waals surface area contributed by atoms with Gasteiger partial charge in [-0.15, -0.1) is 0 Å². The molecular formula is C14H10Cl2N2O3. The Morgan fingerprint density at radius 2 is 1.86 bits per heavy atom. The fourth-order valence-corrected chi connectivity index (χ4v) is 2.15. The van der Waals surface area contributed by atoms with Crippen LogP contribution in [0.5, 0.6) is 0 Å². The number of pyridine rings is 1. The molecule has 5 nitrogen and oxygen atoms in total. The van der Waals surface area contributed by atoms with Crippen molar-refractivity contribution in [2.24, 2.45) is 0 Å². The average molecular weight is 325 g/mol. The van der Waals surface area contributed by atoms with Crippen LogP contribution in [-0.4, -0.2) is 22.0 Å². The first-order valence-electron chi connectivity index (χ1n) is 5.85. The maximum atomic E-state index is 12.1. The summed E-state index contributed by atoms with van der Waals surface area (Å²) in [5, 5.41) is 11.9.